The summed E-state index contributed by atoms with van der Waals surface area (Å²) in [6, 6.07) is 4.97. The second-order valence-electron chi connectivity index (χ2n) is 5.53. The highest BCUT2D eigenvalue weighted by atomic mass is 19.1. The van der Waals surface area contributed by atoms with Gasteiger partial charge in [0.2, 0.25) is 0 Å². The van der Waals surface area contributed by atoms with E-state index in [9.17, 15) is 4.39 Å². The molecule has 1 saturated heterocycles. The summed E-state index contributed by atoms with van der Waals surface area (Å²) in [5, 5.41) is 0. The average molecular weight is 236 g/mol. The Morgan fingerprint density at radius 2 is 2.12 bits per heavy atom. The molecule has 1 fully saturated rings. The number of hydrogen-bond donors (Lipinski definition) is 1. The van der Waals surface area contributed by atoms with E-state index in [1.54, 1.807) is 6.07 Å². The maximum absolute atomic E-state index is 13.9. The Morgan fingerprint density at radius 3 is 2.65 bits per heavy atom. The molecule has 2 rings (SSSR count). The van der Waals surface area contributed by atoms with Crippen molar-refractivity contribution < 1.29 is 4.39 Å². The van der Waals surface area contributed by atoms with Crippen LogP contribution in [0.1, 0.15) is 45.2 Å². The van der Waals surface area contributed by atoms with Crippen LogP contribution in [0.25, 0.3) is 0 Å². The summed E-state index contributed by atoms with van der Waals surface area (Å²) in [6.07, 6.45) is 2.30. The zero-order valence-electron chi connectivity index (χ0n) is 10.8. The van der Waals surface area contributed by atoms with E-state index >= 15 is 0 Å². The Hall–Kier alpha value is -1.09. The maximum Gasteiger partial charge on any atom is 0.130 e. The van der Waals surface area contributed by atoms with Crippen molar-refractivity contribution in [3.8, 4) is 0 Å². The Labute approximate surface area is 103 Å². The van der Waals surface area contributed by atoms with E-state index in [0.29, 0.717) is 5.56 Å². The van der Waals surface area contributed by atoms with Gasteiger partial charge in [-0.3, -0.25) is 0 Å². The molecule has 94 valence electrons. The number of hydrogen-bond acceptors (Lipinski definition) is 2. The van der Waals surface area contributed by atoms with Crippen LogP contribution in [0.3, 0.4) is 0 Å². The second kappa shape index (κ2) is 4.30. The average Bonchev–Trinajstić information content (AvgIpc) is 2.57. The van der Waals surface area contributed by atoms with Crippen molar-refractivity contribution in [1.82, 2.24) is 0 Å². The monoisotopic (exact) mass is 236 g/mol. The lowest BCUT2D eigenvalue weighted by Gasteiger charge is -2.35. The molecule has 0 radical (unpaired) electrons. The Bertz CT molecular complexity index is 413. The molecule has 1 aromatic carbocycles. The van der Waals surface area contributed by atoms with Crippen LogP contribution >= 0.6 is 0 Å². The standard InChI is InChI=1S/C14H21FN2/c1-10(16)13-11(15)6-4-7-12(13)17-9-5-8-14(17,2)3/h4,6-7,10H,5,8-9,16H2,1-3H3. The minimum atomic E-state index is -0.275. The summed E-state index contributed by atoms with van der Waals surface area (Å²) < 4.78 is 13.9. The molecule has 17 heavy (non-hydrogen) atoms. The summed E-state index contributed by atoms with van der Waals surface area (Å²) in [5.41, 5.74) is 7.60. The number of halogens is 1. The smallest absolute Gasteiger partial charge is 0.130 e. The molecule has 0 amide bonds. The minimum Gasteiger partial charge on any atom is -0.366 e. The first-order chi connectivity index (χ1) is 7.93. The SMILES string of the molecule is CC(N)c1c(F)cccc1N1CCCC1(C)C. The van der Waals surface area contributed by atoms with Crippen molar-refractivity contribution in [2.24, 2.45) is 5.73 Å². The molecule has 1 aliphatic rings. The molecule has 1 heterocycles. The fourth-order valence-corrected chi connectivity index (χ4v) is 2.77. The highest BCUT2D eigenvalue weighted by Gasteiger charge is 2.34. The van der Waals surface area contributed by atoms with Gasteiger partial charge in [0.1, 0.15) is 5.82 Å². The molecule has 1 atom stereocenters. The van der Waals surface area contributed by atoms with E-state index in [1.165, 1.54) is 6.07 Å². The normalized spacial score (nSPS) is 20.6. The van der Waals surface area contributed by atoms with Crippen molar-refractivity contribution in [3.05, 3.63) is 29.6 Å². The van der Waals surface area contributed by atoms with E-state index < -0.39 is 0 Å². The number of benzene rings is 1. The van der Waals surface area contributed by atoms with Crippen LogP contribution in [0.4, 0.5) is 10.1 Å². The van der Waals surface area contributed by atoms with E-state index in [1.807, 2.05) is 13.0 Å². The predicted molar refractivity (Wildman–Crippen MR) is 69.7 cm³/mol. The van der Waals surface area contributed by atoms with Gasteiger partial charge in [-0.1, -0.05) is 6.07 Å². The lowest BCUT2D eigenvalue weighted by Crippen LogP contribution is -2.39. The molecule has 0 saturated carbocycles. The molecular weight excluding hydrogens is 215 g/mol. The van der Waals surface area contributed by atoms with Crippen molar-refractivity contribution in [2.45, 2.75) is 45.2 Å². The van der Waals surface area contributed by atoms with E-state index in [0.717, 1.165) is 25.1 Å². The summed E-state index contributed by atoms with van der Waals surface area (Å²) in [5.74, 6) is -0.194. The summed E-state index contributed by atoms with van der Waals surface area (Å²) >= 11 is 0. The molecular formula is C14H21FN2. The summed E-state index contributed by atoms with van der Waals surface area (Å²) in [7, 11) is 0. The molecule has 1 aromatic rings. The van der Waals surface area contributed by atoms with Crippen molar-refractivity contribution in [2.75, 3.05) is 11.4 Å². The zero-order valence-corrected chi connectivity index (χ0v) is 10.8. The highest BCUT2D eigenvalue weighted by molar-refractivity contribution is 5.58. The second-order valence-corrected chi connectivity index (χ2v) is 5.53. The van der Waals surface area contributed by atoms with Crippen LogP contribution in [0.5, 0.6) is 0 Å². The first-order valence-corrected chi connectivity index (χ1v) is 6.25. The fourth-order valence-electron chi connectivity index (χ4n) is 2.77. The molecule has 3 heteroatoms. The van der Waals surface area contributed by atoms with E-state index in [2.05, 4.69) is 18.7 Å². The third-order valence-electron chi connectivity index (χ3n) is 3.68. The largest absolute Gasteiger partial charge is 0.366 e. The Kier molecular flexibility index (Phi) is 3.13. The quantitative estimate of drug-likeness (QED) is 0.854. The van der Waals surface area contributed by atoms with Gasteiger partial charge in [0.15, 0.2) is 0 Å². The molecule has 2 N–H and O–H groups in total. The number of nitrogens with two attached hydrogens (primary N) is 1. The Morgan fingerprint density at radius 1 is 1.41 bits per heavy atom. The van der Waals surface area contributed by atoms with Gasteiger partial charge < -0.3 is 10.6 Å². The van der Waals surface area contributed by atoms with Gasteiger partial charge in [-0.05, 0) is 45.7 Å². The van der Waals surface area contributed by atoms with Gasteiger partial charge in [0, 0.05) is 29.4 Å². The topological polar surface area (TPSA) is 29.3 Å². The molecule has 0 spiro atoms. The highest BCUT2D eigenvalue weighted by Crippen LogP contribution is 2.37. The van der Waals surface area contributed by atoms with Gasteiger partial charge in [-0.15, -0.1) is 0 Å². The van der Waals surface area contributed by atoms with Crippen LogP contribution in [-0.4, -0.2) is 12.1 Å². The van der Waals surface area contributed by atoms with Gasteiger partial charge in [-0.25, -0.2) is 4.39 Å². The molecule has 2 nitrogen and oxygen atoms in total. The first-order valence-electron chi connectivity index (χ1n) is 6.25. The van der Waals surface area contributed by atoms with Gasteiger partial charge in [0.05, 0.1) is 0 Å². The van der Waals surface area contributed by atoms with Crippen molar-refractivity contribution in [1.29, 1.82) is 0 Å². The molecule has 1 unspecified atom stereocenters. The predicted octanol–water partition coefficient (Wildman–Crippen LogP) is 3.22. The van der Waals surface area contributed by atoms with Crippen molar-refractivity contribution in [3.63, 3.8) is 0 Å². The third kappa shape index (κ3) is 2.16. The van der Waals surface area contributed by atoms with Crippen LogP contribution in [-0.2, 0) is 0 Å². The van der Waals surface area contributed by atoms with E-state index in [-0.39, 0.29) is 17.4 Å². The fraction of sp³-hybridized carbons (Fsp3) is 0.571. The van der Waals surface area contributed by atoms with Gasteiger partial charge >= 0.3 is 0 Å². The Balaban J connectivity index is 2.48. The van der Waals surface area contributed by atoms with Crippen LogP contribution < -0.4 is 10.6 Å². The van der Waals surface area contributed by atoms with Crippen LogP contribution in [0.15, 0.2) is 18.2 Å². The first kappa shape index (κ1) is 12.4. The van der Waals surface area contributed by atoms with Gasteiger partial charge in [0.25, 0.3) is 0 Å². The van der Waals surface area contributed by atoms with Gasteiger partial charge in [-0.2, -0.15) is 0 Å². The number of nitrogens with zero attached hydrogens (tertiary/aromatic N) is 1. The lowest BCUT2D eigenvalue weighted by molar-refractivity contribution is 0.512. The minimum absolute atomic E-state index is 0.0947. The zero-order chi connectivity index (χ0) is 12.6. The maximum atomic E-state index is 13.9. The van der Waals surface area contributed by atoms with Crippen LogP contribution in [0, 0.1) is 5.82 Å². The van der Waals surface area contributed by atoms with Crippen molar-refractivity contribution >= 4 is 5.69 Å². The molecule has 0 aromatic heterocycles. The summed E-state index contributed by atoms with van der Waals surface area (Å²) in [6.45, 7) is 7.23. The number of anilines is 1. The summed E-state index contributed by atoms with van der Waals surface area (Å²) in [4.78, 5) is 2.29. The number of rotatable bonds is 2. The third-order valence-corrected chi connectivity index (χ3v) is 3.68. The molecule has 0 bridgehead atoms. The lowest BCUT2D eigenvalue weighted by atomic mass is 9.98. The molecule has 1 aliphatic heterocycles. The van der Waals surface area contributed by atoms with Crippen LogP contribution in [0.2, 0.25) is 0 Å². The van der Waals surface area contributed by atoms with E-state index in [4.69, 9.17) is 5.73 Å². The molecule has 0 aliphatic carbocycles.